The molecule has 1 unspecified atom stereocenters. The van der Waals surface area contributed by atoms with Crippen molar-refractivity contribution >= 4 is 17.4 Å². The number of hydrogen-bond donors (Lipinski definition) is 1. The molecule has 2 aromatic rings. The van der Waals surface area contributed by atoms with E-state index in [4.69, 9.17) is 4.74 Å². The third kappa shape index (κ3) is 4.08. The average Bonchev–Trinajstić information content (AvgIpc) is 3.38. The van der Waals surface area contributed by atoms with E-state index in [1.807, 2.05) is 16.9 Å². The molecule has 9 nitrogen and oxygen atoms in total. The molecule has 2 aliphatic heterocycles. The largest absolute Gasteiger partial charge is 0.493 e. The zero-order valence-corrected chi connectivity index (χ0v) is 19.3. The smallest absolute Gasteiger partial charge is 0.272 e. The summed E-state index contributed by atoms with van der Waals surface area (Å²) < 4.78 is 22.8. The van der Waals surface area contributed by atoms with E-state index in [0.29, 0.717) is 35.2 Å². The predicted molar refractivity (Wildman–Crippen MR) is 121 cm³/mol. The third-order valence-electron chi connectivity index (χ3n) is 6.37. The number of benzene rings is 1. The van der Waals surface area contributed by atoms with Crippen LogP contribution in [0.25, 0.3) is 5.57 Å². The van der Waals surface area contributed by atoms with E-state index < -0.39 is 23.2 Å². The Morgan fingerprint density at radius 1 is 1.26 bits per heavy atom. The van der Waals surface area contributed by atoms with Crippen LogP contribution in [0, 0.1) is 5.82 Å². The van der Waals surface area contributed by atoms with Crippen molar-refractivity contribution in [3.8, 4) is 5.75 Å². The van der Waals surface area contributed by atoms with E-state index in [1.54, 1.807) is 19.1 Å². The van der Waals surface area contributed by atoms with Crippen LogP contribution in [0.4, 0.5) is 4.39 Å². The summed E-state index contributed by atoms with van der Waals surface area (Å²) in [6.07, 6.45) is 6.08. The molecule has 2 amide bonds. The Morgan fingerprint density at radius 2 is 2.09 bits per heavy atom. The lowest BCUT2D eigenvalue weighted by Crippen LogP contribution is -2.51. The number of carbonyl (C=O) groups excluding carboxylic acids is 2. The number of ether oxygens (including phenoxy) is 1. The second-order valence-corrected chi connectivity index (χ2v) is 9.14. The van der Waals surface area contributed by atoms with Gasteiger partial charge in [-0.15, -0.1) is 0 Å². The number of amides is 2. The topological polar surface area (TPSA) is 101 Å². The van der Waals surface area contributed by atoms with Crippen molar-refractivity contribution in [3.05, 3.63) is 53.2 Å². The van der Waals surface area contributed by atoms with Crippen LogP contribution >= 0.6 is 0 Å². The average molecular weight is 467 g/mol. The molecule has 3 heterocycles. The Bertz CT molecular complexity index is 1200. The fraction of sp³-hybridized carbons (Fsp3) is 0.458. The Labute approximate surface area is 196 Å². The summed E-state index contributed by atoms with van der Waals surface area (Å²) >= 11 is 0. The van der Waals surface area contributed by atoms with Crippen molar-refractivity contribution in [3.63, 3.8) is 0 Å². The van der Waals surface area contributed by atoms with Gasteiger partial charge in [-0.2, -0.15) is 15.2 Å². The summed E-state index contributed by atoms with van der Waals surface area (Å²) in [5.74, 6) is -0.947. The number of rotatable bonds is 8. The summed E-state index contributed by atoms with van der Waals surface area (Å²) in [5, 5.41) is 16.2. The predicted octanol–water partition coefficient (Wildman–Crippen LogP) is 3.89. The second-order valence-electron chi connectivity index (χ2n) is 9.14. The summed E-state index contributed by atoms with van der Waals surface area (Å²) in [4.78, 5) is 25.7. The molecule has 1 aromatic heterocycles. The molecular formula is C24H27FN6O3. The van der Waals surface area contributed by atoms with Crippen molar-refractivity contribution in [1.82, 2.24) is 20.1 Å². The molecule has 1 aromatic carbocycles. The van der Waals surface area contributed by atoms with Gasteiger partial charge in [0.25, 0.3) is 11.8 Å². The van der Waals surface area contributed by atoms with Gasteiger partial charge in [0.1, 0.15) is 23.8 Å². The van der Waals surface area contributed by atoms with E-state index in [-0.39, 0.29) is 18.7 Å². The maximum absolute atomic E-state index is 15.3. The first-order chi connectivity index (χ1) is 16.4. The van der Waals surface area contributed by atoms with Crippen molar-refractivity contribution in [2.24, 2.45) is 10.3 Å². The van der Waals surface area contributed by atoms with Crippen LogP contribution in [0.3, 0.4) is 0 Å². The molecule has 178 valence electrons. The maximum atomic E-state index is 15.3. The van der Waals surface area contributed by atoms with Crippen LogP contribution in [0.1, 0.15) is 63.3 Å². The minimum atomic E-state index is -1.06. The highest BCUT2D eigenvalue weighted by atomic mass is 19.1. The quantitative estimate of drug-likeness (QED) is 0.597. The lowest BCUT2D eigenvalue weighted by molar-refractivity contribution is -0.130. The van der Waals surface area contributed by atoms with Crippen molar-refractivity contribution in [2.45, 2.75) is 57.5 Å². The summed E-state index contributed by atoms with van der Waals surface area (Å²) in [7, 11) is 0. The van der Waals surface area contributed by atoms with E-state index in [0.717, 1.165) is 30.7 Å². The molecule has 0 bridgehead atoms. The second kappa shape index (κ2) is 8.66. The molecule has 1 N–H and O–H groups in total. The van der Waals surface area contributed by atoms with Gasteiger partial charge in [0.2, 0.25) is 0 Å². The van der Waals surface area contributed by atoms with Crippen molar-refractivity contribution in [1.29, 1.82) is 0 Å². The summed E-state index contributed by atoms with van der Waals surface area (Å²) in [5.41, 5.74) is 0.451. The molecule has 3 aliphatic rings. The molecule has 5 rings (SSSR count). The molecule has 34 heavy (non-hydrogen) atoms. The standard InChI is InChI=1S/C24H27FN6O3/c1-3-4-11-34-16-7-8-18(19(25)12-16)24(2)13-17(20-9-10-30(28-20)15-5-6-15)22(23(33)27-24)31-21(32)14-26-29-31/h7-10,12,15H,3-6,11,13-14H2,1-2H3,(H,27,33). The SMILES string of the molecule is CCCCOc1ccc(C2(C)CC(c3ccn(C4CC4)n3)=C(N3N=NCC3=O)C(=O)N2)c(F)c1. The van der Waals surface area contributed by atoms with Crippen LogP contribution in [-0.4, -0.2) is 39.8 Å². The number of nitrogens with zero attached hydrogens (tertiary/aromatic N) is 5. The minimum Gasteiger partial charge on any atom is -0.493 e. The van der Waals surface area contributed by atoms with Gasteiger partial charge in [-0.05, 0) is 38.3 Å². The molecule has 0 spiro atoms. The number of aromatic nitrogens is 2. The maximum Gasteiger partial charge on any atom is 0.272 e. The highest BCUT2D eigenvalue weighted by molar-refractivity contribution is 6.06. The lowest BCUT2D eigenvalue weighted by Gasteiger charge is -2.38. The normalized spacial score (nSPS) is 22.5. The Kier molecular flexibility index (Phi) is 5.66. The summed E-state index contributed by atoms with van der Waals surface area (Å²) in [6, 6.07) is 6.88. The summed E-state index contributed by atoms with van der Waals surface area (Å²) in [6.45, 7) is 4.22. The van der Waals surface area contributed by atoms with Crippen LogP contribution in [0.2, 0.25) is 0 Å². The van der Waals surface area contributed by atoms with Gasteiger partial charge in [-0.1, -0.05) is 24.6 Å². The number of nitrogens with one attached hydrogen (secondary N) is 1. The molecule has 1 atom stereocenters. The monoisotopic (exact) mass is 466 g/mol. The third-order valence-corrected chi connectivity index (χ3v) is 6.37. The molecule has 0 radical (unpaired) electrons. The minimum absolute atomic E-state index is 0.0877. The van der Waals surface area contributed by atoms with Gasteiger partial charge in [0.15, 0.2) is 0 Å². The van der Waals surface area contributed by atoms with Crippen LogP contribution in [0.5, 0.6) is 5.75 Å². The lowest BCUT2D eigenvalue weighted by atomic mass is 9.80. The van der Waals surface area contributed by atoms with E-state index in [1.165, 1.54) is 6.07 Å². The van der Waals surface area contributed by atoms with E-state index >= 15 is 4.39 Å². The Balaban J connectivity index is 1.52. The fourth-order valence-electron chi connectivity index (χ4n) is 4.38. The molecule has 1 saturated carbocycles. The Hall–Kier alpha value is -3.56. The Morgan fingerprint density at radius 3 is 2.76 bits per heavy atom. The van der Waals surface area contributed by atoms with Crippen molar-refractivity contribution in [2.75, 3.05) is 13.2 Å². The number of hydrogen-bond acceptors (Lipinski definition) is 6. The van der Waals surface area contributed by atoms with Crippen LogP contribution < -0.4 is 10.1 Å². The molecule has 1 aliphatic carbocycles. The van der Waals surface area contributed by atoms with Gasteiger partial charge in [-0.25, -0.2) is 4.39 Å². The first-order valence-corrected chi connectivity index (χ1v) is 11.6. The molecular weight excluding hydrogens is 439 g/mol. The zero-order chi connectivity index (χ0) is 23.9. The van der Waals surface area contributed by atoms with Crippen molar-refractivity contribution < 1.29 is 18.7 Å². The van der Waals surface area contributed by atoms with Gasteiger partial charge in [-0.3, -0.25) is 14.3 Å². The van der Waals surface area contributed by atoms with Crippen LogP contribution in [0.15, 0.2) is 46.5 Å². The zero-order valence-electron chi connectivity index (χ0n) is 19.3. The highest BCUT2D eigenvalue weighted by Crippen LogP contribution is 2.42. The van der Waals surface area contributed by atoms with Gasteiger partial charge < -0.3 is 10.1 Å². The first kappa shape index (κ1) is 22.2. The number of carbonyl (C=O) groups is 2. The van der Waals surface area contributed by atoms with Gasteiger partial charge in [0.05, 0.1) is 23.9 Å². The number of unbranched alkanes of at least 4 members (excludes halogenated alkanes) is 1. The first-order valence-electron chi connectivity index (χ1n) is 11.6. The van der Waals surface area contributed by atoms with E-state index in [9.17, 15) is 9.59 Å². The van der Waals surface area contributed by atoms with Crippen LogP contribution in [-0.2, 0) is 15.1 Å². The highest BCUT2D eigenvalue weighted by Gasteiger charge is 2.43. The van der Waals surface area contributed by atoms with E-state index in [2.05, 4.69) is 27.7 Å². The molecule has 1 fully saturated rings. The fourth-order valence-corrected chi connectivity index (χ4v) is 4.38. The molecule has 0 saturated heterocycles. The van der Waals surface area contributed by atoms with Gasteiger partial charge >= 0.3 is 0 Å². The molecule has 10 heteroatoms. The number of halogens is 1. The van der Waals surface area contributed by atoms with Gasteiger partial charge in [0, 0.05) is 29.8 Å².